The van der Waals surface area contributed by atoms with E-state index in [0.29, 0.717) is 0 Å². The summed E-state index contributed by atoms with van der Waals surface area (Å²) in [4.78, 5) is 42.9. The van der Waals surface area contributed by atoms with Gasteiger partial charge in [-0.2, -0.15) is 0 Å². The zero-order valence-corrected chi connectivity index (χ0v) is 9.32. The average molecular weight is 348 g/mol. The molecule has 0 saturated carbocycles. The molecule has 0 aliphatic rings. The third-order valence-electron chi connectivity index (χ3n) is 1.83. The SMILES string of the molecule is CC(O)C(=O)OC(=O)CC(O)(CC(=O)O)C(=O)O.[CaH2].[CaH2]. The molecule has 11 heteroatoms. The Kier molecular flexibility index (Phi) is 14.2. The minimum absolute atomic E-state index is 0. The molecule has 0 saturated heterocycles. The molecule has 0 aromatic heterocycles. The van der Waals surface area contributed by atoms with Crippen LogP contribution < -0.4 is 0 Å². The van der Waals surface area contributed by atoms with Gasteiger partial charge >= 0.3 is 99.4 Å². The van der Waals surface area contributed by atoms with Crippen LogP contribution >= 0.6 is 0 Å². The summed E-state index contributed by atoms with van der Waals surface area (Å²) in [5.74, 6) is -6.36. The van der Waals surface area contributed by atoms with Crippen LogP contribution in [0, 0.1) is 0 Å². The van der Waals surface area contributed by atoms with E-state index in [-0.39, 0.29) is 75.5 Å². The molecule has 2 atom stereocenters. The fourth-order valence-electron chi connectivity index (χ4n) is 0.936. The Balaban J connectivity index is -0.00000144. The topological polar surface area (TPSA) is 158 Å². The molecule has 0 aliphatic carbocycles. The van der Waals surface area contributed by atoms with Crippen LogP contribution in [0.2, 0.25) is 0 Å². The Hall–Kier alpha value is 0.519. The van der Waals surface area contributed by atoms with Gasteiger partial charge in [0.25, 0.3) is 0 Å². The summed E-state index contributed by atoms with van der Waals surface area (Å²) in [6.07, 6.45) is -4.07. The molecule has 2 unspecified atom stereocenters. The van der Waals surface area contributed by atoms with Crippen LogP contribution in [0.4, 0.5) is 0 Å². The van der Waals surface area contributed by atoms with Crippen molar-refractivity contribution in [3.05, 3.63) is 0 Å². The number of carbonyl (C=O) groups is 4. The molecule has 0 aliphatic heterocycles. The number of rotatable bonds is 6. The molecule has 0 heterocycles. The number of esters is 2. The van der Waals surface area contributed by atoms with Crippen LogP contribution in [0.3, 0.4) is 0 Å². The van der Waals surface area contributed by atoms with Gasteiger partial charge in [0.05, 0.1) is 12.8 Å². The van der Waals surface area contributed by atoms with Crippen LogP contribution in [0.25, 0.3) is 0 Å². The third-order valence-corrected chi connectivity index (χ3v) is 1.83. The van der Waals surface area contributed by atoms with Crippen molar-refractivity contribution in [3.8, 4) is 0 Å². The first-order valence-corrected chi connectivity index (χ1v) is 4.68. The van der Waals surface area contributed by atoms with E-state index in [1.54, 1.807) is 0 Å². The molecular weight excluding hydrogens is 332 g/mol. The third kappa shape index (κ3) is 9.45. The maximum atomic E-state index is 11.1. The molecule has 0 spiro atoms. The summed E-state index contributed by atoms with van der Waals surface area (Å²) in [6.45, 7) is 1.01. The normalized spacial score (nSPS) is 13.8. The summed E-state index contributed by atoms with van der Waals surface area (Å²) in [5, 5.41) is 35.2. The van der Waals surface area contributed by atoms with Crippen molar-refractivity contribution in [1.82, 2.24) is 0 Å². The fourth-order valence-corrected chi connectivity index (χ4v) is 0.936. The molecule has 110 valence electrons. The monoisotopic (exact) mass is 348 g/mol. The van der Waals surface area contributed by atoms with Gasteiger partial charge in [0.1, 0.15) is 6.10 Å². The van der Waals surface area contributed by atoms with Gasteiger partial charge in [-0.15, -0.1) is 0 Å². The van der Waals surface area contributed by atoms with Crippen molar-refractivity contribution in [2.75, 3.05) is 0 Å². The van der Waals surface area contributed by atoms with E-state index in [4.69, 9.17) is 15.3 Å². The second-order valence-electron chi connectivity index (χ2n) is 3.55. The second kappa shape index (κ2) is 11.1. The molecule has 4 N–H and O–H groups in total. The van der Waals surface area contributed by atoms with Crippen LogP contribution in [-0.2, 0) is 23.9 Å². The van der Waals surface area contributed by atoms with Gasteiger partial charge in [0, 0.05) is 0 Å². The van der Waals surface area contributed by atoms with Crippen LogP contribution in [-0.4, -0.2) is 131 Å². The van der Waals surface area contributed by atoms with E-state index < -0.39 is 48.4 Å². The second-order valence-corrected chi connectivity index (χ2v) is 3.55. The van der Waals surface area contributed by atoms with E-state index in [0.717, 1.165) is 6.92 Å². The Morgan fingerprint density at radius 1 is 1.10 bits per heavy atom. The number of carbonyl (C=O) groups excluding carboxylic acids is 2. The Morgan fingerprint density at radius 3 is 1.85 bits per heavy atom. The zero-order chi connectivity index (χ0) is 14.5. The van der Waals surface area contributed by atoms with Gasteiger partial charge in [-0.05, 0) is 6.92 Å². The number of hydrogen-bond acceptors (Lipinski definition) is 7. The number of carboxylic acids is 2. The standard InChI is InChI=1S/C9H12O9.2Ca.4H/c1-4(10)7(14)18-6(13)3-9(17,8(15)16)2-5(11)12;;;;;;/h4,10,17H,2-3H2,1H3,(H,11,12)(H,15,16);;;;;;. The van der Waals surface area contributed by atoms with E-state index in [1.807, 2.05) is 0 Å². The Labute approximate surface area is 173 Å². The summed E-state index contributed by atoms with van der Waals surface area (Å²) in [7, 11) is 0. The molecule has 0 bridgehead atoms. The van der Waals surface area contributed by atoms with E-state index >= 15 is 0 Å². The number of aliphatic hydroxyl groups is 2. The molecule has 0 amide bonds. The van der Waals surface area contributed by atoms with Gasteiger partial charge in [-0.1, -0.05) is 0 Å². The van der Waals surface area contributed by atoms with Crippen molar-refractivity contribution < 1.29 is 44.3 Å². The number of ether oxygens (including phenoxy) is 1. The van der Waals surface area contributed by atoms with E-state index in [1.165, 1.54) is 0 Å². The summed E-state index contributed by atoms with van der Waals surface area (Å²) in [5.41, 5.74) is -2.87. The number of aliphatic hydroxyl groups excluding tert-OH is 1. The minimum atomic E-state index is -2.87. The molecular formula is C9H16Ca2O9. The van der Waals surface area contributed by atoms with Gasteiger partial charge in [0.2, 0.25) is 0 Å². The van der Waals surface area contributed by atoms with Gasteiger partial charge in [-0.3, -0.25) is 9.59 Å². The van der Waals surface area contributed by atoms with Gasteiger partial charge < -0.3 is 25.2 Å². The van der Waals surface area contributed by atoms with E-state index in [9.17, 15) is 24.3 Å². The fraction of sp³-hybridized carbons (Fsp3) is 0.556. The van der Waals surface area contributed by atoms with Crippen molar-refractivity contribution in [3.63, 3.8) is 0 Å². The van der Waals surface area contributed by atoms with Gasteiger partial charge in [0.15, 0.2) is 5.60 Å². The molecule has 0 fully saturated rings. The van der Waals surface area contributed by atoms with Crippen molar-refractivity contribution >= 4 is 99.4 Å². The molecule has 0 aromatic carbocycles. The Morgan fingerprint density at radius 2 is 1.55 bits per heavy atom. The average Bonchev–Trinajstić information content (AvgIpc) is 2.14. The summed E-state index contributed by atoms with van der Waals surface area (Å²) in [6, 6.07) is 0. The van der Waals surface area contributed by atoms with Crippen molar-refractivity contribution in [2.45, 2.75) is 31.5 Å². The maximum absolute atomic E-state index is 11.1. The van der Waals surface area contributed by atoms with Crippen LogP contribution in [0.5, 0.6) is 0 Å². The van der Waals surface area contributed by atoms with E-state index in [2.05, 4.69) is 4.74 Å². The van der Waals surface area contributed by atoms with Crippen LogP contribution in [0.15, 0.2) is 0 Å². The first-order chi connectivity index (χ1) is 8.08. The number of aliphatic carboxylic acids is 2. The Bertz CT molecular complexity index is 382. The molecule has 9 nitrogen and oxygen atoms in total. The first-order valence-electron chi connectivity index (χ1n) is 4.68. The van der Waals surface area contributed by atoms with Gasteiger partial charge in [-0.25, -0.2) is 9.59 Å². The zero-order valence-electron chi connectivity index (χ0n) is 9.32. The summed E-state index contributed by atoms with van der Waals surface area (Å²) >= 11 is 0. The van der Waals surface area contributed by atoms with Crippen molar-refractivity contribution in [1.29, 1.82) is 0 Å². The first kappa shape index (κ1) is 25.5. The van der Waals surface area contributed by atoms with Crippen LogP contribution in [0.1, 0.15) is 19.8 Å². The number of carboxylic acid groups (broad SMARTS) is 2. The summed E-state index contributed by atoms with van der Waals surface area (Å²) < 4.78 is 4.00. The molecule has 0 rings (SSSR count). The molecule has 0 aromatic rings. The number of hydrogen-bond donors (Lipinski definition) is 4. The molecule has 0 radical (unpaired) electrons. The predicted octanol–water partition coefficient (Wildman–Crippen LogP) is -3.71. The molecule has 20 heavy (non-hydrogen) atoms. The predicted molar refractivity (Wildman–Crippen MR) is 69.3 cm³/mol. The quantitative estimate of drug-likeness (QED) is 0.215. The van der Waals surface area contributed by atoms with Crippen molar-refractivity contribution in [2.24, 2.45) is 0 Å².